The number of carbonyl (C=O) groups excluding carboxylic acids is 1. The van der Waals surface area contributed by atoms with E-state index in [0.717, 1.165) is 0 Å². The number of rotatable bonds is 6. The molecule has 19 nitrogen and oxygen atoms in total. The number of aromatic amines is 3. The lowest BCUT2D eigenvalue weighted by Crippen LogP contribution is -2.35. The van der Waals surface area contributed by atoms with Gasteiger partial charge in [0.05, 0.1) is 25.4 Å². The largest absolute Gasteiger partial charge is 0.480 e. The Morgan fingerprint density at radius 1 is 1.31 bits per heavy atom. The average Bonchev–Trinajstić information content (AvgIpc) is 3.53. The number of aromatic nitrogens is 6. The summed E-state index contributed by atoms with van der Waals surface area (Å²) in [6, 6.07) is -1.26. The molecule has 210 valence electrons. The van der Waals surface area contributed by atoms with Crippen molar-refractivity contribution in [1.82, 2.24) is 29.5 Å². The minimum absolute atomic E-state index is 0.192. The van der Waals surface area contributed by atoms with Crippen molar-refractivity contribution in [3.63, 3.8) is 0 Å². The summed E-state index contributed by atoms with van der Waals surface area (Å²) in [7, 11) is 0. The number of fused-ring (bicyclic) bond motifs is 1. The third kappa shape index (κ3) is 8.62. The fourth-order valence-corrected chi connectivity index (χ4v) is 2.95. The fourth-order valence-electron chi connectivity index (χ4n) is 2.95. The van der Waals surface area contributed by atoms with Crippen molar-refractivity contribution in [3.05, 3.63) is 61.1 Å². The second-order valence-corrected chi connectivity index (χ2v) is 7.75. The average molecular weight is 551 g/mol. The lowest BCUT2D eigenvalue weighted by Gasteiger charge is -2.14. The quantitative estimate of drug-likeness (QED) is 0.0674. The van der Waals surface area contributed by atoms with E-state index in [2.05, 4.69) is 34.4 Å². The number of nitrogens with two attached hydrogens (primary N) is 1. The maximum atomic E-state index is 11.6. The summed E-state index contributed by atoms with van der Waals surface area (Å²) < 4.78 is 10.8. The van der Waals surface area contributed by atoms with Gasteiger partial charge in [0, 0.05) is 18.2 Å². The standard InChI is InChI=1S/C10H14N2O5.C5H4N4O.C5H7N3O4/c1-5-3-12(10(16)11-9(5)15)8-2-6(14)7(4-13)17-8;10-5-3-4(7-1-6-3)8-2-9-5;6-3(5(10)11)2-12-4(9)1-8-7/h3,6-8,13-14H,2,4H2,1H3,(H,11,15,16);1-2H,(H2,6,7,8,9,10);1,3H,2,6H2,(H,10,11)/t6-,7+,8+;;3-/m0.0/s1. The molecule has 1 aliphatic rings. The molecule has 19 heteroatoms. The van der Waals surface area contributed by atoms with Gasteiger partial charge in [0.15, 0.2) is 11.2 Å². The highest BCUT2D eigenvalue weighted by Crippen LogP contribution is 2.27. The van der Waals surface area contributed by atoms with Crippen LogP contribution in [0.5, 0.6) is 0 Å². The molecule has 4 rings (SSSR count). The maximum Gasteiger partial charge on any atom is 0.413 e. The van der Waals surface area contributed by atoms with Crippen LogP contribution in [0, 0.1) is 6.92 Å². The van der Waals surface area contributed by atoms with Crippen LogP contribution in [0.4, 0.5) is 0 Å². The molecular formula is C20H25N9O10. The van der Waals surface area contributed by atoms with Crippen LogP contribution in [0.1, 0.15) is 18.2 Å². The van der Waals surface area contributed by atoms with E-state index in [4.69, 9.17) is 26.2 Å². The fraction of sp³-hybridized carbons (Fsp3) is 0.400. The number of carbonyl (C=O) groups is 2. The number of aliphatic carboxylic acids is 1. The van der Waals surface area contributed by atoms with E-state index in [1.54, 1.807) is 6.92 Å². The van der Waals surface area contributed by atoms with Crippen LogP contribution in [0.25, 0.3) is 16.7 Å². The molecule has 3 aromatic rings. The lowest BCUT2D eigenvalue weighted by atomic mass is 10.2. The van der Waals surface area contributed by atoms with Crippen molar-refractivity contribution in [2.24, 2.45) is 5.73 Å². The lowest BCUT2D eigenvalue weighted by molar-refractivity contribution is -0.145. The maximum absolute atomic E-state index is 11.6. The molecule has 0 aliphatic carbocycles. The Morgan fingerprint density at radius 2 is 1.97 bits per heavy atom. The third-order valence-corrected chi connectivity index (χ3v) is 4.95. The van der Waals surface area contributed by atoms with Crippen LogP contribution in [-0.2, 0) is 19.1 Å². The number of aryl methyl sites for hydroxylation is 1. The number of nitrogens with one attached hydrogen (secondary N) is 3. The van der Waals surface area contributed by atoms with Gasteiger partial charge in [0.2, 0.25) is 0 Å². The highest BCUT2D eigenvalue weighted by molar-refractivity contribution is 6.20. The van der Waals surface area contributed by atoms with Crippen LogP contribution in [0.2, 0.25) is 0 Å². The predicted molar refractivity (Wildman–Crippen MR) is 128 cm³/mol. The molecule has 3 aromatic heterocycles. The first-order chi connectivity index (χ1) is 18.5. The van der Waals surface area contributed by atoms with Gasteiger partial charge >= 0.3 is 23.8 Å². The Hall–Kier alpha value is -4.81. The molecule has 0 radical (unpaired) electrons. The van der Waals surface area contributed by atoms with Crippen LogP contribution in [0.3, 0.4) is 0 Å². The molecule has 1 saturated heterocycles. The van der Waals surface area contributed by atoms with Crippen molar-refractivity contribution in [2.75, 3.05) is 13.2 Å². The minimum Gasteiger partial charge on any atom is -0.480 e. The first kappa shape index (κ1) is 30.4. The van der Waals surface area contributed by atoms with Crippen LogP contribution in [-0.4, -0.2) is 99.2 Å². The number of aliphatic hydroxyl groups excluding tert-OH is 2. The van der Waals surface area contributed by atoms with Crippen molar-refractivity contribution < 1.29 is 39.2 Å². The number of aliphatic hydroxyl groups is 2. The molecule has 0 saturated carbocycles. The summed E-state index contributed by atoms with van der Waals surface area (Å²) in [6.07, 6.45) is 2.68. The molecule has 0 aromatic carbocycles. The molecule has 4 heterocycles. The van der Waals surface area contributed by atoms with Gasteiger partial charge < -0.3 is 46.0 Å². The molecule has 0 spiro atoms. The van der Waals surface area contributed by atoms with Crippen molar-refractivity contribution >= 4 is 29.3 Å². The van der Waals surface area contributed by atoms with Gasteiger partial charge in [0.1, 0.15) is 25.0 Å². The zero-order valence-corrected chi connectivity index (χ0v) is 20.3. The minimum atomic E-state index is -1.27. The van der Waals surface area contributed by atoms with Crippen molar-refractivity contribution in [2.45, 2.75) is 37.8 Å². The van der Waals surface area contributed by atoms with E-state index in [1.807, 2.05) is 0 Å². The van der Waals surface area contributed by atoms with Crippen LogP contribution in [0.15, 0.2) is 33.2 Å². The monoisotopic (exact) mass is 551 g/mol. The van der Waals surface area contributed by atoms with Crippen LogP contribution < -0.4 is 22.5 Å². The molecule has 8 N–H and O–H groups in total. The van der Waals surface area contributed by atoms with Crippen molar-refractivity contribution in [1.29, 1.82) is 0 Å². The molecule has 1 fully saturated rings. The summed E-state index contributed by atoms with van der Waals surface area (Å²) in [6.45, 7) is 0.804. The molecule has 39 heavy (non-hydrogen) atoms. The number of imidazole rings is 1. The molecule has 0 amide bonds. The second kappa shape index (κ2) is 14.2. The first-order valence-electron chi connectivity index (χ1n) is 10.9. The predicted octanol–water partition coefficient (Wildman–Crippen LogP) is -3.63. The molecule has 4 atom stereocenters. The number of hydrogen-bond acceptors (Lipinski definition) is 12. The summed E-state index contributed by atoms with van der Waals surface area (Å²) in [5, 5.41) is 26.7. The Balaban J connectivity index is 0.000000214. The Labute approximate surface area is 216 Å². The number of esters is 1. The highest BCUT2D eigenvalue weighted by Gasteiger charge is 2.35. The summed E-state index contributed by atoms with van der Waals surface area (Å²) >= 11 is 0. The summed E-state index contributed by atoms with van der Waals surface area (Å²) in [4.78, 5) is 71.3. The number of ether oxygens (including phenoxy) is 2. The van der Waals surface area contributed by atoms with Gasteiger partial charge in [0.25, 0.3) is 11.1 Å². The van der Waals surface area contributed by atoms with E-state index in [-0.39, 0.29) is 18.6 Å². The molecule has 0 unspecified atom stereocenters. The van der Waals surface area contributed by atoms with Gasteiger partial charge in [-0.1, -0.05) is 0 Å². The normalized spacial score (nSPS) is 18.5. The van der Waals surface area contributed by atoms with Gasteiger partial charge in [-0.25, -0.2) is 19.6 Å². The topological polar surface area (TPSA) is 305 Å². The van der Waals surface area contributed by atoms with E-state index in [9.17, 15) is 29.1 Å². The second-order valence-electron chi connectivity index (χ2n) is 7.75. The molecule has 1 aliphatic heterocycles. The Morgan fingerprint density at radius 3 is 2.54 bits per heavy atom. The molecule has 0 bridgehead atoms. The zero-order chi connectivity index (χ0) is 29.1. The van der Waals surface area contributed by atoms with Gasteiger partial charge in [-0.15, -0.1) is 0 Å². The third-order valence-electron chi connectivity index (χ3n) is 4.95. The van der Waals surface area contributed by atoms with Gasteiger partial charge in [-0.05, 0) is 6.92 Å². The number of hydrogen-bond donors (Lipinski definition) is 7. The molecular weight excluding hydrogens is 526 g/mol. The van der Waals surface area contributed by atoms with E-state index < -0.39 is 54.3 Å². The summed E-state index contributed by atoms with van der Waals surface area (Å²) in [5.74, 6) is -2.22. The van der Waals surface area contributed by atoms with E-state index in [1.165, 1.54) is 23.4 Å². The van der Waals surface area contributed by atoms with Gasteiger partial charge in [-0.2, -0.15) is 4.79 Å². The number of carboxylic acid groups (broad SMARTS) is 1. The van der Waals surface area contributed by atoms with E-state index >= 15 is 0 Å². The van der Waals surface area contributed by atoms with E-state index in [0.29, 0.717) is 22.9 Å². The smallest absolute Gasteiger partial charge is 0.413 e. The van der Waals surface area contributed by atoms with Gasteiger partial charge in [-0.3, -0.25) is 23.9 Å². The Kier molecular flexibility index (Phi) is 11.1. The number of H-pyrrole nitrogens is 3. The summed E-state index contributed by atoms with van der Waals surface area (Å²) in [5.41, 5.74) is 12.8. The highest BCUT2D eigenvalue weighted by atomic mass is 16.5. The number of nitrogens with zero attached hydrogens (tertiary/aromatic N) is 5. The van der Waals surface area contributed by atoms with Crippen LogP contribution >= 0.6 is 0 Å². The number of carboxylic acids is 1. The zero-order valence-electron chi connectivity index (χ0n) is 20.3. The first-order valence-corrected chi connectivity index (χ1v) is 10.9. The SMILES string of the molecule is Cc1cn([C@H]2C[C@H](O)[C@@H](CO)O2)c(=O)[nH]c1=O.O=c1[nH]cnc2nc[nH]c12.[N-]=[N+]=CC(=O)OC[C@H](N)C(=O)O. The van der Waals surface area contributed by atoms with Crippen molar-refractivity contribution in [3.8, 4) is 0 Å². The Bertz CT molecular complexity index is 1500.